The molecule has 1 rings (SSSR count). The van der Waals surface area contributed by atoms with Crippen LogP contribution in [0.1, 0.15) is 5.69 Å². The lowest BCUT2D eigenvalue weighted by Crippen LogP contribution is -1.85. The molecular weight excluding hydrogens is 161 g/mol. The molecule has 0 aliphatic carbocycles. The van der Waals surface area contributed by atoms with Crippen LogP contribution in [0, 0.1) is 17.8 Å². The maximum absolute atomic E-state index is 12.4. The molecule has 0 spiro atoms. The summed E-state index contributed by atoms with van der Waals surface area (Å²) >= 11 is 3.88. The van der Waals surface area contributed by atoms with Gasteiger partial charge in [-0.3, -0.25) is 0 Å². The summed E-state index contributed by atoms with van der Waals surface area (Å²) < 4.78 is 12.4. The summed E-state index contributed by atoms with van der Waals surface area (Å²) in [6, 6.07) is 4.51. The van der Waals surface area contributed by atoms with Crippen LogP contribution in [0.3, 0.4) is 0 Å². The van der Waals surface area contributed by atoms with Crippen LogP contribution in [-0.2, 0) is 0 Å². The van der Waals surface area contributed by atoms with E-state index in [2.05, 4.69) is 29.5 Å². The summed E-state index contributed by atoms with van der Waals surface area (Å²) in [5.74, 6) is 5.29. The predicted molar refractivity (Wildman–Crippen MR) is 44.9 cm³/mol. The maximum atomic E-state index is 12.4. The molecular formula is C8H6FNS. The number of nitrogens with zero attached hydrogens (tertiary/aromatic N) is 1. The molecule has 0 radical (unpaired) electrons. The fourth-order valence-corrected chi connectivity index (χ4v) is 0.687. The van der Waals surface area contributed by atoms with Gasteiger partial charge in [-0.2, -0.15) is 17.0 Å². The van der Waals surface area contributed by atoms with Crippen LogP contribution in [0.4, 0.5) is 4.39 Å². The predicted octanol–water partition coefficient (Wildman–Crippen LogP) is 1.50. The van der Waals surface area contributed by atoms with Gasteiger partial charge in [0.25, 0.3) is 0 Å². The summed E-state index contributed by atoms with van der Waals surface area (Å²) in [6.07, 6.45) is 0. The van der Waals surface area contributed by atoms with E-state index in [0.717, 1.165) is 0 Å². The number of hydrogen-bond acceptors (Lipinski definition) is 2. The molecule has 11 heavy (non-hydrogen) atoms. The molecule has 1 heterocycles. The molecule has 0 unspecified atom stereocenters. The van der Waals surface area contributed by atoms with Crippen LogP contribution in [-0.4, -0.2) is 10.7 Å². The summed E-state index contributed by atoms with van der Waals surface area (Å²) in [5.41, 5.74) is 0.444. The van der Waals surface area contributed by atoms with Crippen LogP contribution < -0.4 is 0 Å². The number of halogens is 1. The second-order valence-electron chi connectivity index (χ2n) is 1.81. The Kier molecular flexibility index (Phi) is 2.94. The highest BCUT2D eigenvalue weighted by atomic mass is 32.1. The van der Waals surface area contributed by atoms with E-state index in [0.29, 0.717) is 11.4 Å². The zero-order valence-electron chi connectivity index (χ0n) is 5.71. The van der Waals surface area contributed by atoms with Crippen LogP contribution in [0.15, 0.2) is 18.2 Å². The van der Waals surface area contributed by atoms with E-state index in [1.54, 1.807) is 12.1 Å². The van der Waals surface area contributed by atoms with E-state index in [1.165, 1.54) is 6.07 Å². The molecule has 1 aromatic rings. The third-order valence-corrected chi connectivity index (χ3v) is 1.17. The molecule has 0 saturated heterocycles. The van der Waals surface area contributed by atoms with Crippen molar-refractivity contribution in [2.24, 2.45) is 0 Å². The summed E-state index contributed by atoms with van der Waals surface area (Å²) in [5, 5.41) is 0. The fraction of sp³-hybridized carbons (Fsp3) is 0.125. The number of pyridine rings is 1. The largest absolute Gasteiger partial charge is 0.214 e. The Labute approximate surface area is 70.1 Å². The second kappa shape index (κ2) is 3.99. The molecule has 1 aromatic heterocycles. The van der Waals surface area contributed by atoms with Crippen molar-refractivity contribution in [3.63, 3.8) is 0 Å². The van der Waals surface area contributed by atoms with Crippen molar-refractivity contribution >= 4 is 12.6 Å². The van der Waals surface area contributed by atoms with E-state index in [-0.39, 0.29) is 0 Å². The van der Waals surface area contributed by atoms with Gasteiger partial charge in [0.05, 0.1) is 5.75 Å². The highest BCUT2D eigenvalue weighted by Crippen LogP contribution is 1.94. The van der Waals surface area contributed by atoms with Crippen LogP contribution in [0.5, 0.6) is 0 Å². The van der Waals surface area contributed by atoms with Gasteiger partial charge in [-0.1, -0.05) is 12.0 Å². The molecule has 56 valence electrons. The third kappa shape index (κ3) is 2.60. The maximum Gasteiger partial charge on any atom is 0.214 e. The van der Waals surface area contributed by atoms with Crippen molar-refractivity contribution in [2.75, 3.05) is 5.75 Å². The first-order valence-electron chi connectivity index (χ1n) is 3.05. The quantitative estimate of drug-likeness (QED) is 0.351. The monoisotopic (exact) mass is 167 g/mol. The molecule has 0 fully saturated rings. The molecule has 3 heteroatoms. The van der Waals surface area contributed by atoms with Crippen molar-refractivity contribution in [3.05, 3.63) is 29.8 Å². The van der Waals surface area contributed by atoms with E-state index in [4.69, 9.17) is 0 Å². The van der Waals surface area contributed by atoms with Gasteiger partial charge in [-0.05, 0) is 18.1 Å². The molecule has 0 saturated carbocycles. The van der Waals surface area contributed by atoms with Crippen molar-refractivity contribution < 1.29 is 4.39 Å². The number of rotatable bonds is 0. The van der Waals surface area contributed by atoms with Gasteiger partial charge in [0.2, 0.25) is 5.95 Å². The average molecular weight is 167 g/mol. The van der Waals surface area contributed by atoms with Crippen LogP contribution in [0.2, 0.25) is 0 Å². The van der Waals surface area contributed by atoms with Gasteiger partial charge in [0, 0.05) is 0 Å². The van der Waals surface area contributed by atoms with E-state index >= 15 is 0 Å². The van der Waals surface area contributed by atoms with Crippen molar-refractivity contribution in [2.45, 2.75) is 0 Å². The zero-order valence-corrected chi connectivity index (χ0v) is 6.61. The minimum Gasteiger partial charge on any atom is -0.211 e. The fourth-order valence-electron chi connectivity index (χ4n) is 0.608. The summed E-state index contributed by atoms with van der Waals surface area (Å²) in [4.78, 5) is 3.54. The topological polar surface area (TPSA) is 12.9 Å². The molecule has 0 aliphatic rings. The highest BCUT2D eigenvalue weighted by Gasteiger charge is 1.89. The van der Waals surface area contributed by atoms with Crippen molar-refractivity contribution in [1.82, 2.24) is 4.98 Å². The van der Waals surface area contributed by atoms with E-state index in [9.17, 15) is 4.39 Å². The number of thiol groups is 1. The Morgan fingerprint density at radius 1 is 1.55 bits per heavy atom. The van der Waals surface area contributed by atoms with Gasteiger partial charge in [-0.15, -0.1) is 0 Å². The van der Waals surface area contributed by atoms with Crippen LogP contribution >= 0.6 is 12.6 Å². The summed E-state index contributed by atoms with van der Waals surface area (Å²) in [7, 11) is 0. The Bertz CT molecular complexity index is 300. The van der Waals surface area contributed by atoms with E-state index in [1.807, 2.05) is 0 Å². The van der Waals surface area contributed by atoms with Gasteiger partial charge in [-0.25, -0.2) is 4.98 Å². The third-order valence-electron chi connectivity index (χ3n) is 1.01. The molecule has 0 amide bonds. The smallest absolute Gasteiger partial charge is 0.211 e. The molecule has 1 nitrogen and oxygen atoms in total. The minimum atomic E-state index is -0.504. The standard InChI is InChI=1S/C8H6FNS/c9-8-5-1-3-7(10-8)4-2-6-11/h1,3,5,11H,6H2. The second-order valence-corrected chi connectivity index (χ2v) is 2.12. The minimum absolute atomic E-state index is 0.444. The Morgan fingerprint density at radius 2 is 2.36 bits per heavy atom. The lowest BCUT2D eigenvalue weighted by atomic mass is 10.3. The normalized spacial score (nSPS) is 8.55. The lowest BCUT2D eigenvalue weighted by molar-refractivity contribution is 0.582. The van der Waals surface area contributed by atoms with Crippen LogP contribution in [0.25, 0.3) is 0 Å². The zero-order chi connectivity index (χ0) is 8.10. The Morgan fingerprint density at radius 3 is 3.00 bits per heavy atom. The average Bonchev–Trinajstić information content (AvgIpc) is 2.01. The van der Waals surface area contributed by atoms with Gasteiger partial charge >= 0.3 is 0 Å². The first kappa shape index (κ1) is 8.09. The van der Waals surface area contributed by atoms with Gasteiger partial charge in [0.1, 0.15) is 5.69 Å². The van der Waals surface area contributed by atoms with Gasteiger partial charge < -0.3 is 0 Å². The molecule has 0 N–H and O–H groups in total. The molecule has 0 aliphatic heterocycles. The Balaban J connectivity index is 2.87. The molecule has 0 atom stereocenters. The number of aromatic nitrogens is 1. The van der Waals surface area contributed by atoms with E-state index < -0.39 is 5.95 Å². The summed E-state index contributed by atoms with van der Waals surface area (Å²) in [6.45, 7) is 0. The number of hydrogen-bond donors (Lipinski definition) is 1. The van der Waals surface area contributed by atoms with Crippen molar-refractivity contribution in [1.29, 1.82) is 0 Å². The molecule has 0 bridgehead atoms. The lowest BCUT2D eigenvalue weighted by Gasteiger charge is -1.87. The van der Waals surface area contributed by atoms with Crippen molar-refractivity contribution in [3.8, 4) is 11.8 Å². The molecule has 0 aromatic carbocycles. The van der Waals surface area contributed by atoms with Gasteiger partial charge in [0.15, 0.2) is 0 Å². The SMILES string of the molecule is Fc1cccc(C#CCS)n1. The first-order valence-corrected chi connectivity index (χ1v) is 3.68. The Hall–Kier alpha value is -1.01. The first-order chi connectivity index (χ1) is 5.33. The highest BCUT2D eigenvalue weighted by molar-refractivity contribution is 7.80.